The zero-order valence-electron chi connectivity index (χ0n) is 20.0. The van der Waals surface area contributed by atoms with Crippen LogP contribution in [0.3, 0.4) is 0 Å². The van der Waals surface area contributed by atoms with Crippen molar-refractivity contribution in [2.45, 2.75) is 52.5 Å². The predicted molar refractivity (Wildman–Crippen MR) is 130 cm³/mol. The molecule has 34 heavy (non-hydrogen) atoms. The third kappa shape index (κ3) is 6.25. The molecule has 0 aliphatic carbocycles. The smallest absolute Gasteiger partial charge is 0.331 e. The largest absolute Gasteiger partial charge is 0.493 e. The molecule has 2 heterocycles. The first-order valence-electron chi connectivity index (χ1n) is 11.6. The molecule has 7 nitrogen and oxygen atoms in total. The van der Waals surface area contributed by atoms with Crippen molar-refractivity contribution in [3.8, 4) is 5.75 Å². The van der Waals surface area contributed by atoms with Gasteiger partial charge in [0.2, 0.25) is 11.8 Å². The average molecular weight is 465 g/mol. The standard InChI is InChI=1S/C27H32N2O5/c1-4-6-8-10-24(30)29-15-13-20-11-12-22(17-23(20)25(29)27(31)32)33-16-14-21-18-34-26(28-21)19(3)9-7-5-2/h4,6,8-12,17-18,25H,5,7,13-16H2,1-3H3,(H,31,32)/b6-4?,10-8?,19-9-. The van der Waals surface area contributed by atoms with E-state index in [4.69, 9.17) is 9.15 Å². The number of aliphatic carboxylic acids is 1. The average Bonchev–Trinajstić information content (AvgIpc) is 3.30. The Bertz CT molecular complexity index is 1100. The number of unbranched alkanes of at least 4 members (excludes halogenated alkanes) is 1. The second-order valence-electron chi connectivity index (χ2n) is 8.19. The van der Waals surface area contributed by atoms with Gasteiger partial charge in [0, 0.05) is 24.6 Å². The van der Waals surface area contributed by atoms with Gasteiger partial charge in [-0.05, 0) is 49.9 Å². The highest BCUT2D eigenvalue weighted by molar-refractivity contribution is 5.92. The van der Waals surface area contributed by atoms with Crippen molar-refractivity contribution in [3.05, 3.63) is 77.6 Å². The molecule has 1 atom stereocenters. The number of carbonyl (C=O) groups is 2. The predicted octanol–water partition coefficient (Wildman–Crippen LogP) is 5.14. The first-order chi connectivity index (χ1) is 16.4. The van der Waals surface area contributed by atoms with Crippen molar-refractivity contribution in [2.75, 3.05) is 13.2 Å². The van der Waals surface area contributed by atoms with Crippen LogP contribution in [-0.2, 0) is 22.4 Å². The molecule has 3 rings (SSSR count). The van der Waals surface area contributed by atoms with Gasteiger partial charge in [0.05, 0.1) is 12.3 Å². The summed E-state index contributed by atoms with van der Waals surface area (Å²) < 4.78 is 11.5. The number of fused-ring (bicyclic) bond motifs is 1. The third-order valence-corrected chi connectivity index (χ3v) is 5.66. The van der Waals surface area contributed by atoms with Crippen LogP contribution < -0.4 is 4.74 Å². The van der Waals surface area contributed by atoms with Gasteiger partial charge in [-0.3, -0.25) is 4.79 Å². The van der Waals surface area contributed by atoms with Crippen LogP contribution in [0.25, 0.3) is 5.57 Å². The molecule has 1 aliphatic rings. The Labute approximate surface area is 200 Å². The maximum absolute atomic E-state index is 12.6. The van der Waals surface area contributed by atoms with E-state index in [0.717, 1.165) is 29.7 Å². The summed E-state index contributed by atoms with van der Waals surface area (Å²) in [6.45, 7) is 6.68. The Morgan fingerprint density at radius 1 is 1.32 bits per heavy atom. The molecule has 1 N–H and O–H groups in total. The van der Waals surface area contributed by atoms with Gasteiger partial charge in [-0.2, -0.15) is 0 Å². The molecule has 180 valence electrons. The monoisotopic (exact) mass is 464 g/mol. The minimum absolute atomic E-state index is 0.326. The molecule has 0 fully saturated rings. The van der Waals surface area contributed by atoms with Crippen LogP contribution in [0.4, 0.5) is 0 Å². The highest BCUT2D eigenvalue weighted by Gasteiger charge is 2.35. The van der Waals surface area contributed by atoms with Gasteiger partial charge in [-0.15, -0.1) is 0 Å². The molecule has 0 bridgehead atoms. The maximum atomic E-state index is 12.6. The summed E-state index contributed by atoms with van der Waals surface area (Å²) in [4.78, 5) is 30.6. The molecular formula is C27H32N2O5. The Balaban J connectivity index is 1.68. The quantitative estimate of drug-likeness (QED) is 0.386. The lowest BCUT2D eigenvalue weighted by molar-refractivity contribution is -0.149. The number of amides is 1. The zero-order valence-corrected chi connectivity index (χ0v) is 20.0. The van der Waals surface area contributed by atoms with E-state index in [9.17, 15) is 14.7 Å². The molecule has 1 aromatic heterocycles. The summed E-state index contributed by atoms with van der Waals surface area (Å²) in [6, 6.07) is 4.40. The summed E-state index contributed by atoms with van der Waals surface area (Å²) in [6.07, 6.45) is 13.5. The molecule has 0 saturated heterocycles. The van der Waals surface area contributed by atoms with Crippen molar-refractivity contribution in [1.82, 2.24) is 9.88 Å². The van der Waals surface area contributed by atoms with Crippen LogP contribution in [0.1, 0.15) is 62.4 Å². The number of rotatable bonds is 10. The van der Waals surface area contributed by atoms with Gasteiger partial charge in [0.25, 0.3) is 0 Å². The number of allylic oxidation sites excluding steroid dienone is 5. The lowest BCUT2D eigenvalue weighted by atomic mass is 9.92. The van der Waals surface area contributed by atoms with Crippen LogP contribution in [0, 0.1) is 0 Å². The minimum Gasteiger partial charge on any atom is -0.493 e. The molecule has 0 radical (unpaired) electrons. The van der Waals surface area contributed by atoms with E-state index in [2.05, 4.69) is 18.0 Å². The SMILES string of the molecule is CC=CC=CC(=O)N1CCc2ccc(OCCc3coc(/C(C)=C\CCC)n3)cc2C1C(=O)O. The number of aromatic nitrogens is 1. The van der Waals surface area contributed by atoms with Gasteiger partial charge < -0.3 is 19.2 Å². The molecule has 1 aromatic carbocycles. The fourth-order valence-electron chi connectivity index (χ4n) is 3.86. The summed E-state index contributed by atoms with van der Waals surface area (Å²) in [5.74, 6) is -0.207. The van der Waals surface area contributed by atoms with E-state index < -0.39 is 12.0 Å². The molecule has 0 saturated carbocycles. The summed E-state index contributed by atoms with van der Waals surface area (Å²) in [5, 5.41) is 9.90. The van der Waals surface area contributed by atoms with Crippen LogP contribution in [0.5, 0.6) is 5.75 Å². The highest BCUT2D eigenvalue weighted by Crippen LogP contribution is 2.33. The van der Waals surface area contributed by atoms with Gasteiger partial charge in [-0.25, -0.2) is 9.78 Å². The normalized spacial score (nSPS) is 16.3. The Kier molecular flexibility index (Phi) is 8.85. The molecular weight excluding hydrogens is 432 g/mol. The number of carboxylic acids is 1. The van der Waals surface area contributed by atoms with Crippen molar-refractivity contribution < 1.29 is 23.8 Å². The summed E-state index contributed by atoms with van der Waals surface area (Å²) in [5.41, 5.74) is 3.31. The fourth-order valence-corrected chi connectivity index (χ4v) is 3.86. The van der Waals surface area contributed by atoms with Gasteiger partial charge in [-0.1, -0.05) is 43.7 Å². The van der Waals surface area contributed by atoms with E-state index in [1.165, 1.54) is 11.0 Å². The number of hydrogen-bond donors (Lipinski definition) is 1. The molecule has 1 amide bonds. The minimum atomic E-state index is -1.06. The number of oxazole rings is 1. The Morgan fingerprint density at radius 2 is 2.15 bits per heavy atom. The second kappa shape index (κ2) is 12.0. The maximum Gasteiger partial charge on any atom is 0.331 e. The molecule has 1 aliphatic heterocycles. The van der Waals surface area contributed by atoms with Gasteiger partial charge >= 0.3 is 5.97 Å². The first-order valence-corrected chi connectivity index (χ1v) is 11.6. The molecule has 7 heteroatoms. The Morgan fingerprint density at radius 3 is 2.88 bits per heavy atom. The van der Waals surface area contributed by atoms with Crippen molar-refractivity contribution >= 4 is 17.4 Å². The van der Waals surface area contributed by atoms with Crippen LogP contribution >= 0.6 is 0 Å². The zero-order chi connectivity index (χ0) is 24.5. The van der Waals surface area contributed by atoms with E-state index in [1.54, 1.807) is 30.6 Å². The number of hydrogen-bond acceptors (Lipinski definition) is 5. The third-order valence-electron chi connectivity index (χ3n) is 5.66. The van der Waals surface area contributed by atoms with E-state index in [1.807, 2.05) is 26.0 Å². The molecule has 2 aromatic rings. The van der Waals surface area contributed by atoms with Crippen molar-refractivity contribution in [2.24, 2.45) is 0 Å². The van der Waals surface area contributed by atoms with Gasteiger partial charge in [0.1, 0.15) is 12.0 Å². The molecule has 0 spiro atoms. The van der Waals surface area contributed by atoms with E-state index in [0.29, 0.717) is 43.2 Å². The van der Waals surface area contributed by atoms with E-state index in [-0.39, 0.29) is 5.91 Å². The Hall–Kier alpha value is -3.61. The summed E-state index contributed by atoms with van der Waals surface area (Å²) >= 11 is 0. The van der Waals surface area contributed by atoms with E-state index >= 15 is 0 Å². The first kappa shape index (κ1) is 25.0. The highest BCUT2D eigenvalue weighted by atomic mass is 16.5. The number of carbonyl (C=O) groups excluding carboxylic acids is 1. The lowest BCUT2D eigenvalue weighted by Crippen LogP contribution is -2.42. The molecule has 1 unspecified atom stereocenters. The topological polar surface area (TPSA) is 92.9 Å². The van der Waals surface area contributed by atoms with Crippen molar-refractivity contribution in [3.63, 3.8) is 0 Å². The fraction of sp³-hybridized carbons (Fsp3) is 0.370. The number of ether oxygens (including phenoxy) is 1. The van der Waals surface area contributed by atoms with Crippen LogP contribution in [0.2, 0.25) is 0 Å². The summed E-state index contributed by atoms with van der Waals surface area (Å²) in [7, 11) is 0. The number of benzene rings is 1. The number of nitrogens with zero attached hydrogens (tertiary/aromatic N) is 2. The van der Waals surface area contributed by atoms with Crippen molar-refractivity contribution in [1.29, 1.82) is 0 Å². The van der Waals surface area contributed by atoms with Crippen LogP contribution in [-0.4, -0.2) is 40.0 Å². The lowest BCUT2D eigenvalue weighted by Gasteiger charge is -2.34. The number of carboxylic acid groups (broad SMARTS) is 1. The van der Waals surface area contributed by atoms with Gasteiger partial charge in [0.15, 0.2) is 6.04 Å². The van der Waals surface area contributed by atoms with Crippen LogP contribution in [0.15, 0.2) is 59.3 Å². The second-order valence-corrected chi connectivity index (χ2v) is 8.19.